The predicted molar refractivity (Wildman–Crippen MR) is 55.5 cm³/mol. The largest absolute Gasteiger partial charge is 0.508 e. The number of aromatic nitrogens is 2. The van der Waals surface area contributed by atoms with Gasteiger partial charge in [-0.2, -0.15) is 5.10 Å². The van der Waals surface area contributed by atoms with Gasteiger partial charge in [0.25, 0.3) is 0 Å². The number of phenols is 1. The second kappa shape index (κ2) is 3.48. The minimum Gasteiger partial charge on any atom is -0.508 e. The van der Waals surface area contributed by atoms with Crippen molar-refractivity contribution in [3.05, 3.63) is 23.4 Å². The summed E-state index contributed by atoms with van der Waals surface area (Å²) in [6, 6.07) is 4.90. The first-order chi connectivity index (χ1) is 6.72. The van der Waals surface area contributed by atoms with Crippen LogP contribution in [0.5, 0.6) is 5.75 Å². The summed E-state index contributed by atoms with van der Waals surface area (Å²) in [6.45, 7) is 1.06. The molecule has 2 aromatic rings. The number of aromatic hydroxyl groups is 1. The zero-order chi connectivity index (χ0) is 10.1. The van der Waals surface area contributed by atoms with Crippen molar-refractivity contribution in [2.45, 2.75) is 6.54 Å². The Morgan fingerprint density at radius 2 is 2.29 bits per heavy atom. The Morgan fingerprint density at radius 3 is 3.00 bits per heavy atom. The van der Waals surface area contributed by atoms with Crippen LogP contribution in [0.1, 0.15) is 0 Å². The summed E-state index contributed by atoms with van der Waals surface area (Å²) >= 11 is 6.04. The molecule has 1 heterocycles. The molecule has 0 saturated carbocycles. The molecule has 0 amide bonds. The first-order valence-corrected chi connectivity index (χ1v) is 4.65. The number of benzene rings is 1. The average Bonchev–Trinajstić information content (AvgIpc) is 2.46. The van der Waals surface area contributed by atoms with Crippen molar-refractivity contribution in [3.63, 3.8) is 0 Å². The number of phenolic OH excluding ortho intramolecular Hbond substituents is 1. The maximum absolute atomic E-state index is 9.27. The van der Waals surface area contributed by atoms with Gasteiger partial charge in [-0.1, -0.05) is 11.6 Å². The summed E-state index contributed by atoms with van der Waals surface area (Å²) in [5, 5.41) is 14.8. The van der Waals surface area contributed by atoms with E-state index in [1.807, 2.05) is 0 Å². The maximum Gasteiger partial charge on any atom is 0.135 e. The van der Waals surface area contributed by atoms with E-state index in [4.69, 9.17) is 17.3 Å². The van der Waals surface area contributed by atoms with Crippen LogP contribution in [0.4, 0.5) is 0 Å². The van der Waals surface area contributed by atoms with Gasteiger partial charge in [0.15, 0.2) is 0 Å². The van der Waals surface area contributed by atoms with Gasteiger partial charge >= 0.3 is 0 Å². The van der Waals surface area contributed by atoms with Gasteiger partial charge in [0.1, 0.15) is 10.9 Å². The van der Waals surface area contributed by atoms with Crippen LogP contribution in [0.2, 0.25) is 5.15 Å². The molecule has 0 spiro atoms. The minimum atomic E-state index is 0.187. The van der Waals surface area contributed by atoms with Crippen LogP contribution in [0.3, 0.4) is 0 Å². The molecule has 0 aliphatic rings. The van der Waals surface area contributed by atoms with E-state index in [0.717, 1.165) is 10.9 Å². The molecule has 74 valence electrons. The Bertz CT molecular complexity index is 466. The van der Waals surface area contributed by atoms with E-state index >= 15 is 0 Å². The summed E-state index contributed by atoms with van der Waals surface area (Å²) < 4.78 is 1.63. The Balaban J connectivity index is 2.62. The number of rotatable bonds is 2. The minimum absolute atomic E-state index is 0.187. The van der Waals surface area contributed by atoms with E-state index in [1.165, 1.54) is 0 Å². The van der Waals surface area contributed by atoms with Crippen molar-refractivity contribution < 1.29 is 5.11 Å². The van der Waals surface area contributed by atoms with Crippen molar-refractivity contribution in [2.24, 2.45) is 5.73 Å². The first kappa shape index (κ1) is 9.30. The quantitative estimate of drug-likeness (QED) is 0.788. The zero-order valence-corrected chi connectivity index (χ0v) is 8.20. The summed E-state index contributed by atoms with van der Waals surface area (Å²) in [5.41, 5.74) is 6.18. The lowest BCUT2D eigenvalue weighted by Crippen LogP contribution is -2.10. The average molecular weight is 212 g/mol. The maximum atomic E-state index is 9.27. The molecule has 0 radical (unpaired) electrons. The summed E-state index contributed by atoms with van der Waals surface area (Å²) in [5.74, 6) is 0.187. The van der Waals surface area contributed by atoms with Gasteiger partial charge < -0.3 is 10.8 Å². The topological polar surface area (TPSA) is 64.1 Å². The molecule has 14 heavy (non-hydrogen) atoms. The second-order valence-electron chi connectivity index (χ2n) is 3.00. The molecule has 0 bridgehead atoms. The van der Waals surface area contributed by atoms with Gasteiger partial charge in [-0.15, -0.1) is 0 Å². The van der Waals surface area contributed by atoms with Gasteiger partial charge in [-0.3, -0.25) is 4.68 Å². The van der Waals surface area contributed by atoms with Crippen LogP contribution in [-0.2, 0) is 6.54 Å². The Morgan fingerprint density at radius 1 is 1.50 bits per heavy atom. The van der Waals surface area contributed by atoms with Crippen molar-refractivity contribution >= 4 is 22.5 Å². The van der Waals surface area contributed by atoms with E-state index in [-0.39, 0.29) is 5.75 Å². The summed E-state index contributed by atoms with van der Waals surface area (Å²) in [7, 11) is 0. The molecule has 0 aliphatic heterocycles. The van der Waals surface area contributed by atoms with Gasteiger partial charge in [0, 0.05) is 11.9 Å². The zero-order valence-electron chi connectivity index (χ0n) is 7.44. The lowest BCUT2D eigenvalue weighted by atomic mass is 10.2. The Hall–Kier alpha value is -1.26. The molecule has 2 rings (SSSR count). The Kier molecular flexibility index (Phi) is 2.31. The Labute approximate surface area is 85.9 Å². The SMILES string of the molecule is NCCn1nc2ccc(O)cc2c1Cl. The number of nitrogens with two attached hydrogens (primary N) is 1. The standard InChI is InChI=1S/C9H10ClN3O/c10-9-7-5-6(14)1-2-8(7)12-13(9)4-3-11/h1-2,5,14H,3-4,11H2. The van der Waals surface area contributed by atoms with Crippen molar-refractivity contribution in [3.8, 4) is 5.75 Å². The normalized spacial score (nSPS) is 11.0. The monoisotopic (exact) mass is 211 g/mol. The molecule has 0 saturated heterocycles. The van der Waals surface area contributed by atoms with Gasteiger partial charge in [0.05, 0.1) is 12.1 Å². The van der Waals surface area contributed by atoms with E-state index in [0.29, 0.717) is 18.2 Å². The highest BCUT2D eigenvalue weighted by Crippen LogP contribution is 2.26. The fourth-order valence-corrected chi connectivity index (χ4v) is 1.63. The van der Waals surface area contributed by atoms with Crippen LogP contribution in [0, 0.1) is 0 Å². The van der Waals surface area contributed by atoms with Crippen LogP contribution in [-0.4, -0.2) is 21.4 Å². The molecule has 0 unspecified atom stereocenters. The smallest absolute Gasteiger partial charge is 0.135 e. The highest BCUT2D eigenvalue weighted by molar-refractivity contribution is 6.34. The summed E-state index contributed by atoms with van der Waals surface area (Å²) in [6.07, 6.45) is 0. The predicted octanol–water partition coefficient (Wildman–Crippen LogP) is 1.35. The fraction of sp³-hybridized carbons (Fsp3) is 0.222. The lowest BCUT2D eigenvalue weighted by molar-refractivity contribution is 0.476. The number of fused-ring (bicyclic) bond motifs is 1. The molecule has 0 aliphatic carbocycles. The highest BCUT2D eigenvalue weighted by atomic mass is 35.5. The van der Waals surface area contributed by atoms with Crippen molar-refractivity contribution in [2.75, 3.05) is 6.54 Å². The van der Waals surface area contributed by atoms with E-state index in [9.17, 15) is 5.11 Å². The second-order valence-corrected chi connectivity index (χ2v) is 3.36. The van der Waals surface area contributed by atoms with Crippen LogP contribution < -0.4 is 5.73 Å². The molecule has 1 aromatic heterocycles. The number of hydrogen-bond acceptors (Lipinski definition) is 3. The third kappa shape index (κ3) is 1.42. The fourth-order valence-electron chi connectivity index (χ4n) is 1.36. The van der Waals surface area contributed by atoms with Crippen molar-refractivity contribution in [1.82, 2.24) is 9.78 Å². The molecular formula is C9H10ClN3O. The van der Waals surface area contributed by atoms with Crippen molar-refractivity contribution in [1.29, 1.82) is 0 Å². The summed E-state index contributed by atoms with van der Waals surface area (Å²) in [4.78, 5) is 0. The van der Waals surface area contributed by atoms with Crippen LogP contribution in [0.15, 0.2) is 18.2 Å². The number of halogens is 1. The third-order valence-electron chi connectivity index (χ3n) is 2.00. The van der Waals surface area contributed by atoms with Crippen LogP contribution >= 0.6 is 11.6 Å². The molecular weight excluding hydrogens is 202 g/mol. The molecule has 0 fully saturated rings. The number of hydrogen-bond donors (Lipinski definition) is 2. The van der Waals surface area contributed by atoms with E-state index in [2.05, 4.69) is 5.10 Å². The molecule has 5 heteroatoms. The number of nitrogens with zero attached hydrogens (tertiary/aromatic N) is 2. The molecule has 1 aromatic carbocycles. The van der Waals surface area contributed by atoms with E-state index < -0.39 is 0 Å². The van der Waals surface area contributed by atoms with Gasteiger partial charge in [0.2, 0.25) is 0 Å². The van der Waals surface area contributed by atoms with Gasteiger partial charge in [-0.05, 0) is 18.2 Å². The molecule has 0 atom stereocenters. The lowest BCUT2D eigenvalue weighted by Gasteiger charge is -1.97. The molecule has 3 N–H and O–H groups in total. The van der Waals surface area contributed by atoms with E-state index in [1.54, 1.807) is 22.9 Å². The van der Waals surface area contributed by atoms with Gasteiger partial charge in [-0.25, -0.2) is 0 Å². The third-order valence-corrected chi connectivity index (χ3v) is 2.40. The first-order valence-electron chi connectivity index (χ1n) is 4.27. The molecule has 4 nitrogen and oxygen atoms in total. The highest BCUT2D eigenvalue weighted by Gasteiger charge is 2.08. The van der Waals surface area contributed by atoms with Crippen LogP contribution in [0.25, 0.3) is 10.9 Å².